The average Bonchev–Trinajstić information content (AvgIpc) is 3.14. The van der Waals surface area contributed by atoms with Crippen molar-refractivity contribution in [1.29, 1.82) is 0 Å². The van der Waals surface area contributed by atoms with Gasteiger partial charge in [0, 0.05) is 23.7 Å². The molecule has 94 valence electrons. The molecule has 2 saturated carbocycles. The van der Waals surface area contributed by atoms with Crippen LogP contribution in [-0.4, -0.2) is 34.5 Å². The van der Waals surface area contributed by atoms with Gasteiger partial charge in [-0.15, -0.1) is 0 Å². The van der Waals surface area contributed by atoms with Gasteiger partial charge >= 0.3 is 5.97 Å². The molecule has 0 aromatic carbocycles. The van der Waals surface area contributed by atoms with E-state index >= 15 is 0 Å². The average molecular weight is 237 g/mol. The third kappa shape index (κ3) is 2.87. The van der Waals surface area contributed by atoms with Crippen molar-refractivity contribution in [2.24, 2.45) is 5.92 Å². The Hall–Kier alpha value is -1.32. The molecule has 2 fully saturated rings. The van der Waals surface area contributed by atoms with Crippen LogP contribution >= 0.6 is 0 Å². The van der Waals surface area contributed by atoms with Gasteiger partial charge in [0.2, 0.25) is 5.91 Å². The Kier molecular flexibility index (Phi) is 3.22. The molecule has 1 N–H and O–H groups in total. The van der Waals surface area contributed by atoms with Crippen LogP contribution in [0.2, 0.25) is 0 Å². The van der Waals surface area contributed by atoms with Crippen molar-refractivity contribution in [2.45, 2.75) is 45.6 Å². The number of carbonyl (C=O) groups is 2. The Morgan fingerprint density at radius 2 is 1.71 bits per heavy atom. The summed E-state index contributed by atoms with van der Waals surface area (Å²) in [5.41, 5.74) is 0.543. The maximum Gasteiger partial charge on any atom is 0.331 e. The van der Waals surface area contributed by atoms with Crippen LogP contribution in [0.1, 0.15) is 39.5 Å². The maximum atomic E-state index is 12.2. The lowest BCUT2D eigenvalue weighted by Gasteiger charge is -2.23. The molecule has 0 aromatic heterocycles. The van der Waals surface area contributed by atoms with Crippen molar-refractivity contribution in [1.82, 2.24) is 4.90 Å². The number of rotatable bonds is 5. The Labute approximate surface area is 101 Å². The zero-order valence-electron chi connectivity index (χ0n) is 10.4. The number of nitrogens with zero attached hydrogens (tertiary/aromatic N) is 1. The zero-order valence-corrected chi connectivity index (χ0v) is 10.4. The van der Waals surface area contributed by atoms with Crippen molar-refractivity contribution in [3.63, 3.8) is 0 Å². The van der Waals surface area contributed by atoms with Gasteiger partial charge in [-0.05, 0) is 45.4 Å². The zero-order chi connectivity index (χ0) is 12.6. The Bertz CT molecular complexity index is 378. The van der Waals surface area contributed by atoms with E-state index in [1.54, 1.807) is 6.92 Å². The quantitative estimate of drug-likeness (QED) is 0.742. The first-order valence-corrected chi connectivity index (χ1v) is 6.22. The minimum absolute atomic E-state index is 0.0840. The number of carboxylic acid groups (broad SMARTS) is 1. The fraction of sp³-hybridized carbons (Fsp3) is 0.692. The normalized spacial score (nSPS) is 20.8. The molecule has 0 unspecified atom stereocenters. The molecule has 0 bridgehead atoms. The van der Waals surface area contributed by atoms with Gasteiger partial charge in [0.1, 0.15) is 0 Å². The summed E-state index contributed by atoms with van der Waals surface area (Å²) in [5.74, 6) is -0.435. The van der Waals surface area contributed by atoms with Crippen LogP contribution in [-0.2, 0) is 9.59 Å². The first kappa shape index (κ1) is 12.1. The SMILES string of the molecule is CC(C(=O)O)=C(C)C(=O)N(CC1CC1)C1CC1. The highest BCUT2D eigenvalue weighted by Gasteiger charge is 2.37. The predicted octanol–water partition coefficient (Wildman–Crippen LogP) is 1.81. The monoisotopic (exact) mass is 237 g/mol. The van der Waals surface area contributed by atoms with E-state index in [-0.39, 0.29) is 11.5 Å². The molecule has 1 amide bonds. The van der Waals surface area contributed by atoms with Gasteiger partial charge in [-0.3, -0.25) is 4.79 Å². The lowest BCUT2D eigenvalue weighted by molar-refractivity contribution is -0.134. The summed E-state index contributed by atoms with van der Waals surface area (Å²) in [6.45, 7) is 3.93. The molecule has 4 nitrogen and oxygen atoms in total. The van der Waals surface area contributed by atoms with Crippen LogP contribution in [0.5, 0.6) is 0 Å². The lowest BCUT2D eigenvalue weighted by Crippen LogP contribution is -2.36. The molecule has 0 atom stereocenters. The molecular weight excluding hydrogens is 218 g/mol. The summed E-state index contributed by atoms with van der Waals surface area (Å²) in [6, 6.07) is 0.361. The van der Waals surface area contributed by atoms with E-state index in [2.05, 4.69) is 0 Å². The van der Waals surface area contributed by atoms with Crippen LogP contribution in [0, 0.1) is 5.92 Å². The summed E-state index contributed by atoms with van der Waals surface area (Å²) in [5, 5.41) is 8.90. The molecule has 2 aliphatic carbocycles. The molecule has 0 aromatic rings. The highest BCUT2D eigenvalue weighted by atomic mass is 16.4. The van der Waals surface area contributed by atoms with Gasteiger partial charge in [-0.2, -0.15) is 0 Å². The third-order valence-corrected chi connectivity index (χ3v) is 3.60. The molecular formula is C13H19NO3. The van der Waals surface area contributed by atoms with Crippen molar-refractivity contribution >= 4 is 11.9 Å². The van der Waals surface area contributed by atoms with Crippen LogP contribution < -0.4 is 0 Å². The van der Waals surface area contributed by atoms with Gasteiger partial charge < -0.3 is 10.0 Å². The van der Waals surface area contributed by atoms with E-state index in [1.807, 2.05) is 4.90 Å². The number of carbonyl (C=O) groups excluding carboxylic acids is 1. The second-order valence-corrected chi connectivity index (χ2v) is 5.19. The van der Waals surface area contributed by atoms with Crippen molar-refractivity contribution in [3.8, 4) is 0 Å². The topological polar surface area (TPSA) is 57.6 Å². The molecule has 0 spiro atoms. The first-order valence-electron chi connectivity index (χ1n) is 6.22. The molecule has 0 aliphatic heterocycles. The largest absolute Gasteiger partial charge is 0.478 e. The molecule has 2 aliphatic rings. The van der Waals surface area contributed by atoms with Crippen molar-refractivity contribution < 1.29 is 14.7 Å². The first-order chi connectivity index (χ1) is 8.00. The molecule has 4 heteroatoms. The Morgan fingerprint density at radius 3 is 2.12 bits per heavy atom. The number of amides is 1. The summed E-state index contributed by atoms with van der Waals surface area (Å²) >= 11 is 0. The third-order valence-electron chi connectivity index (χ3n) is 3.60. The highest BCUT2D eigenvalue weighted by molar-refractivity contribution is 6.01. The van der Waals surface area contributed by atoms with E-state index in [0.717, 1.165) is 19.4 Å². The fourth-order valence-corrected chi connectivity index (χ4v) is 1.90. The van der Waals surface area contributed by atoms with Crippen LogP contribution in [0.25, 0.3) is 0 Å². The molecule has 0 saturated heterocycles. The Balaban J connectivity index is 2.09. The highest BCUT2D eigenvalue weighted by Crippen LogP contribution is 2.35. The molecule has 17 heavy (non-hydrogen) atoms. The van der Waals surface area contributed by atoms with E-state index in [4.69, 9.17) is 5.11 Å². The second-order valence-electron chi connectivity index (χ2n) is 5.19. The molecule has 0 heterocycles. The van der Waals surface area contributed by atoms with Crippen molar-refractivity contribution in [2.75, 3.05) is 6.54 Å². The van der Waals surface area contributed by atoms with E-state index in [1.165, 1.54) is 19.8 Å². The number of hydrogen-bond donors (Lipinski definition) is 1. The van der Waals surface area contributed by atoms with Gasteiger partial charge in [-0.1, -0.05) is 0 Å². The number of carboxylic acids is 1. The number of aliphatic carboxylic acids is 1. The standard InChI is InChI=1S/C13H19NO3/c1-8(9(2)13(16)17)12(15)14(11-5-6-11)7-10-3-4-10/h10-11H,3-7H2,1-2H3,(H,16,17). The van der Waals surface area contributed by atoms with Crippen LogP contribution in [0.15, 0.2) is 11.1 Å². The molecule has 0 radical (unpaired) electrons. The smallest absolute Gasteiger partial charge is 0.331 e. The maximum absolute atomic E-state index is 12.2. The number of hydrogen-bond acceptors (Lipinski definition) is 2. The lowest BCUT2D eigenvalue weighted by atomic mass is 10.1. The van der Waals surface area contributed by atoms with Crippen LogP contribution in [0.4, 0.5) is 0 Å². The van der Waals surface area contributed by atoms with Gasteiger partial charge in [0.25, 0.3) is 0 Å². The minimum atomic E-state index is -1.00. The van der Waals surface area contributed by atoms with Gasteiger partial charge in [0.15, 0.2) is 0 Å². The van der Waals surface area contributed by atoms with Crippen molar-refractivity contribution in [3.05, 3.63) is 11.1 Å². The summed E-state index contributed by atoms with van der Waals surface area (Å²) < 4.78 is 0. The fourth-order valence-electron chi connectivity index (χ4n) is 1.90. The minimum Gasteiger partial charge on any atom is -0.478 e. The molecule has 2 rings (SSSR count). The second kappa shape index (κ2) is 4.51. The summed E-state index contributed by atoms with van der Waals surface area (Å²) in [7, 11) is 0. The van der Waals surface area contributed by atoms with Crippen LogP contribution in [0.3, 0.4) is 0 Å². The van der Waals surface area contributed by atoms with E-state index < -0.39 is 5.97 Å². The van der Waals surface area contributed by atoms with Gasteiger partial charge in [-0.25, -0.2) is 4.79 Å². The Morgan fingerprint density at radius 1 is 1.12 bits per heavy atom. The van der Waals surface area contributed by atoms with E-state index in [9.17, 15) is 9.59 Å². The van der Waals surface area contributed by atoms with Gasteiger partial charge in [0.05, 0.1) is 0 Å². The summed E-state index contributed by atoms with van der Waals surface area (Å²) in [4.78, 5) is 25.0. The predicted molar refractivity (Wildman–Crippen MR) is 63.5 cm³/mol. The van der Waals surface area contributed by atoms with E-state index in [0.29, 0.717) is 17.5 Å². The summed E-state index contributed by atoms with van der Waals surface area (Å²) in [6.07, 6.45) is 4.55.